The molecule has 1 aromatic carbocycles. The topological polar surface area (TPSA) is 72.3 Å². The second kappa shape index (κ2) is 6.07. The predicted molar refractivity (Wildman–Crippen MR) is 92.2 cm³/mol. The van der Waals surface area contributed by atoms with Crippen molar-refractivity contribution < 1.29 is 0 Å². The Bertz CT molecular complexity index is 993. The van der Waals surface area contributed by atoms with E-state index in [0.717, 1.165) is 16.8 Å². The van der Waals surface area contributed by atoms with Crippen LogP contribution in [-0.4, -0.2) is 29.9 Å². The molecule has 3 heterocycles. The fourth-order valence-electron chi connectivity index (χ4n) is 2.40. The largest absolute Gasteiger partial charge is 0.265 e. The molecule has 0 aliphatic rings. The number of pyridine rings is 1. The summed E-state index contributed by atoms with van der Waals surface area (Å²) in [6, 6.07) is 11.1. The van der Waals surface area contributed by atoms with E-state index in [9.17, 15) is 0 Å². The first-order chi connectivity index (χ1) is 11.7. The molecule has 6 nitrogen and oxygen atoms in total. The summed E-state index contributed by atoms with van der Waals surface area (Å²) in [6.07, 6.45) is 4.99. The molecule has 0 saturated heterocycles. The molecule has 0 fully saturated rings. The highest BCUT2D eigenvalue weighted by Crippen LogP contribution is 2.34. The smallest absolute Gasteiger partial charge is 0.184 e. The molecule has 118 valence electrons. The number of benzene rings is 1. The zero-order valence-corrected chi connectivity index (χ0v) is 13.7. The van der Waals surface area contributed by atoms with Gasteiger partial charge in [0.2, 0.25) is 0 Å². The normalized spacial score (nSPS) is 10.9. The van der Waals surface area contributed by atoms with Crippen molar-refractivity contribution >= 4 is 23.2 Å². The Labute approximate surface area is 147 Å². The molecule has 4 aromatic rings. The number of halogens is 2. The summed E-state index contributed by atoms with van der Waals surface area (Å²) >= 11 is 12.3. The Morgan fingerprint density at radius 3 is 2.62 bits per heavy atom. The zero-order chi connectivity index (χ0) is 16.5. The lowest BCUT2D eigenvalue weighted by Crippen LogP contribution is -1.95. The molecular formula is C16H10Cl2N6. The van der Waals surface area contributed by atoms with E-state index in [0.29, 0.717) is 21.7 Å². The van der Waals surface area contributed by atoms with Crippen molar-refractivity contribution in [1.82, 2.24) is 29.9 Å². The molecule has 4 rings (SSSR count). The van der Waals surface area contributed by atoms with Crippen molar-refractivity contribution in [3.63, 3.8) is 0 Å². The third-order valence-corrected chi connectivity index (χ3v) is 4.01. The van der Waals surface area contributed by atoms with Crippen LogP contribution in [0.5, 0.6) is 0 Å². The quantitative estimate of drug-likeness (QED) is 0.562. The van der Waals surface area contributed by atoms with E-state index in [4.69, 9.17) is 23.2 Å². The van der Waals surface area contributed by atoms with E-state index in [1.165, 1.54) is 6.33 Å². The van der Waals surface area contributed by atoms with Gasteiger partial charge < -0.3 is 0 Å². The van der Waals surface area contributed by atoms with E-state index >= 15 is 0 Å². The maximum absolute atomic E-state index is 6.34. The van der Waals surface area contributed by atoms with Crippen molar-refractivity contribution in [1.29, 1.82) is 0 Å². The van der Waals surface area contributed by atoms with Crippen LogP contribution in [0.15, 0.2) is 55.1 Å². The van der Waals surface area contributed by atoms with Crippen LogP contribution in [0.4, 0.5) is 0 Å². The highest BCUT2D eigenvalue weighted by Gasteiger charge is 2.18. The lowest BCUT2D eigenvalue weighted by Gasteiger charge is -2.02. The number of nitrogens with one attached hydrogen (secondary N) is 1. The average Bonchev–Trinajstić information content (AvgIpc) is 3.25. The van der Waals surface area contributed by atoms with Gasteiger partial charge in [0.25, 0.3) is 0 Å². The molecule has 0 spiro atoms. The van der Waals surface area contributed by atoms with Crippen molar-refractivity contribution in [3.8, 4) is 28.3 Å². The molecule has 1 N–H and O–H groups in total. The van der Waals surface area contributed by atoms with Gasteiger partial charge in [0.05, 0.1) is 16.3 Å². The maximum Gasteiger partial charge on any atom is 0.184 e. The minimum Gasteiger partial charge on any atom is -0.265 e. The van der Waals surface area contributed by atoms with E-state index in [1.807, 2.05) is 36.5 Å². The summed E-state index contributed by atoms with van der Waals surface area (Å²) < 4.78 is 1.71. The van der Waals surface area contributed by atoms with E-state index in [1.54, 1.807) is 16.9 Å². The average molecular weight is 357 g/mol. The number of hydrogen-bond acceptors (Lipinski definition) is 4. The van der Waals surface area contributed by atoms with Crippen LogP contribution in [0.25, 0.3) is 28.3 Å². The van der Waals surface area contributed by atoms with Gasteiger partial charge in [-0.15, -0.1) is 0 Å². The van der Waals surface area contributed by atoms with Crippen molar-refractivity contribution in [2.24, 2.45) is 0 Å². The predicted octanol–water partition coefficient (Wildman–Crippen LogP) is 4.03. The SMILES string of the molecule is Clc1cc(-n2cc(-c3nc[nH]n3)c(-c3ccccc3Cl)n2)ccn1. The minimum atomic E-state index is 0.390. The van der Waals surface area contributed by atoms with Crippen LogP contribution >= 0.6 is 23.2 Å². The molecule has 0 aliphatic heterocycles. The van der Waals surface area contributed by atoms with Crippen LogP contribution in [-0.2, 0) is 0 Å². The number of nitrogens with zero attached hydrogens (tertiary/aromatic N) is 5. The fourth-order valence-corrected chi connectivity index (χ4v) is 2.79. The van der Waals surface area contributed by atoms with Gasteiger partial charge in [0, 0.05) is 24.0 Å². The number of aromatic amines is 1. The van der Waals surface area contributed by atoms with Gasteiger partial charge in [-0.25, -0.2) is 14.6 Å². The Kier molecular flexibility index (Phi) is 3.76. The van der Waals surface area contributed by atoms with Crippen molar-refractivity contribution in [3.05, 3.63) is 65.3 Å². The summed E-state index contributed by atoms with van der Waals surface area (Å²) in [5.41, 5.74) is 3.04. The number of hydrogen-bond donors (Lipinski definition) is 1. The first-order valence-corrected chi connectivity index (χ1v) is 7.80. The molecule has 0 bridgehead atoms. The number of H-pyrrole nitrogens is 1. The first-order valence-electron chi connectivity index (χ1n) is 7.05. The molecule has 8 heteroatoms. The van der Waals surface area contributed by atoms with Crippen molar-refractivity contribution in [2.75, 3.05) is 0 Å². The Morgan fingerprint density at radius 1 is 1.00 bits per heavy atom. The number of rotatable bonds is 3. The van der Waals surface area contributed by atoms with Gasteiger partial charge in [0.15, 0.2) is 5.82 Å². The molecule has 0 amide bonds. The summed E-state index contributed by atoms with van der Waals surface area (Å²) in [4.78, 5) is 8.22. The van der Waals surface area contributed by atoms with Gasteiger partial charge >= 0.3 is 0 Å². The number of aromatic nitrogens is 6. The van der Waals surface area contributed by atoms with Crippen LogP contribution < -0.4 is 0 Å². The van der Waals surface area contributed by atoms with Gasteiger partial charge in [-0.1, -0.05) is 41.4 Å². The maximum atomic E-state index is 6.34. The first kappa shape index (κ1) is 14.9. The third kappa shape index (κ3) is 2.66. The molecule has 0 saturated carbocycles. The third-order valence-electron chi connectivity index (χ3n) is 3.47. The molecule has 0 radical (unpaired) electrons. The van der Waals surface area contributed by atoms with Gasteiger partial charge in [-0.05, 0) is 12.1 Å². The highest BCUT2D eigenvalue weighted by atomic mass is 35.5. The second-order valence-electron chi connectivity index (χ2n) is 4.98. The van der Waals surface area contributed by atoms with Crippen LogP contribution in [0.2, 0.25) is 10.2 Å². The Balaban J connectivity index is 1.94. The zero-order valence-electron chi connectivity index (χ0n) is 12.2. The fraction of sp³-hybridized carbons (Fsp3) is 0. The van der Waals surface area contributed by atoms with Gasteiger partial charge in [-0.2, -0.15) is 10.2 Å². The standard InChI is InChI=1S/C16H10Cl2N6/c17-13-4-2-1-3-11(13)15-12(16-20-9-21-22-16)8-24(23-15)10-5-6-19-14(18)7-10/h1-9H,(H,20,21,22). The van der Waals surface area contributed by atoms with Gasteiger partial charge in [0.1, 0.15) is 17.2 Å². The van der Waals surface area contributed by atoms with E-state index in [-0.39, 0.29) is 0 Å². The molecule has 0 aliphatic carbocycles. The lowest BCUT2D eigenvalue weighted by atomic mass is 10.1. The monoisotopic (exact) mass is 356 g/mol. The Hall–Kier alpha value is -2.70. The summed E-state index contributed by atoms with van der Waals surface area (Å²) in [5, 5.41) is 12.5. The minimum absolute atomic E-state index is 0.390. The van der Waals surface area contributed by atoms with E-state index in [2.05, 4.69) is 25.3 Å². The summed E-state index contributed by atoms with van der Waals surface area (Å²) in [6.45, 7) is 0. The molecule has 0 atom stereocenters. The van der Waals surface area contributed by atoms with Crippen molar-refractivity contribution in [2.45, 2.75) is 0 Å². The molecule has 0 unspecified atom stereocenters. The van der Waals surface area contributed by atoms with Gasteiger partial charge in [-0.3, -0.25) is 5.10 Å². The van der Waals surface area contributed by atoms with Crippen LogP contribution in [0.3, 0.4) is 0 Å². The summed E-state index contributed by atoms with van der Waals surface area (Å²) in [5.74, 6) is 0.538. The lowest BCUT2D eigenvalue weighted by molar-refractivity contribution is 0.881. The molecule has 3 aromatic heterocycles. The molecule has 24 heavy (non-hydrogen) atoms. The summed E-state index contributed by atoms with van der Waals surface area (Å²) in [7, 11) is 0. The molecular weight excluding hydrogens is 347 g/mol. The van der Waals surface area contributed by atoms with Crippen LogP contribution in [0.1, 0.15) is 0 Å². The highest BCUT2D eigenvalue weighted by molar-refractivity contribution is 6.33. The second-order valence-corrected chi connectivity index (χ2v) is 5.77. The van der Waals surface area contributed by atoms with E-state index < -0.39 is 0 Å². The Morgan fingerprint density at radius 2 is 1.88 bits per heavy atom. The van der Waals surface area contributed by atoms with Crippen LogP contribution in [0, 0.1) is 0 Å².